The van der Waals surface area contributed by atoms with Crippen LogP contribution in [0.1, 0.15) is 39.7 Å². The first kappa shape index (κ1) is 21.1. The van der Waals surface area contributed by atoms with E-state index in [1.807, 2.05) is 74.1 Å². The van der Waals surface area contributed by atoms with Crippen LogP contribution in [0.15, 0.2) is 53.1 Å². The Balaban J connectivity index is 1.62. The predicted molar refractivity (Wildman–Crippen MR) is 118 cm³/mol. The lowest BCUT2D eigenvalue weighted by molar-refractivity contribution is 0.0783. The number of rotatable bonds is 7. The van der Waals surface area contributed by atoms with Crippen molar-refractivity contribution in [3.63, 3.8) is 0 Å². The van der Waals surface area contributed by atoms with Gasteiger partial charge in [-0.2, -0.15) is 5.10 Å². The lowest BCUT2D eigenvalue weighted by Crippen LogP contribution is -2.26. The zero-order chi connectivity index (χ0) is 21.0. The maximum atomic E-state index is 12.8. The number of amides is 1. The van der Waals surface area contributed by atoms with Gasteiger partial charge in [0.25, 0.3) is 5.91 Å². The van der Waals surface area contributed by atoms with E-state index in [1.54, 1.807) is 11.9 Å². The zero-order valence-electron chi connectivity index (χ0n) is 17.3. The first-order valence-corrected chi connectivity index (χ1v) is 10.4. The van der Waals surface area contributed by atoms with Crippen LogP contribution in [-0.2, 0) is 19.7 Å². The van der Waals surface area contributed by atoms with Crippen LogP contribution in [0.4, 0.5) is 0 Å². The third-order valence-corrected chi connectivity index (χ3v) is 5.50. The standard InChI is InChI=1S/C23H26BrN3O2/c1-5-27-13-20(24)21(25-27)14-26(4)23(28)19-11-9-18(10-12-19)15-29-22-16(2)7-6-8-17(22)3/h6-13H,5,14-15H2,1-4H3. The van der Waals surface area contributed by atoms with Gasteiger partial charge in [0.15, 0.2) is 0 Å². The summed E-state index contributed by atoms with van der Waals surface area (Å²) < 4.78 is 8.76. The van der Waals surface area contributed by atoms with E-state index in [-0.39, 0.29) is 5.91 Å². The maximum Gasteiger partial charge on any atom is 0.253 e. The summed E-state index contributed by atoms with van der Waals surface area (Å²) in [6, 6.07) is 13.7. The van der Waals surface area contributed by atoms with E-state index in [4.69, 9.17) is 4.74 Å². The summed E-state index contributed by atoms with van der Waals surface area (Å²) in [6.07, 6.45) is 1.93. The molecule has 0 spiro atoms. The Morgan fingerprint density at radius 1 is 1.14 bits per heavy atom. The van der Waals surface area contributed by atoms with Gasteiger partial charge in [0.05, 0.1) is 16.7 Å². The highest BCUT2D eigenvalue weighted by Gasteiger charge is 2.15. The molecule has 5 nitrogen and oxygen atoms in total. The third-order valence-electron chi connectivity index (χ3n) is 4.84. The summed E-state index contributed by atoms with van der Waals surface area (Å²) >= 11 is 3.51. The van der Waals surface area contributed by atoms with Crippen molar-refractivity contribution in [1.29, 1.82) is 0 Å². The predicted octanol–water partition coefficient (Wildman–Crippen LogP) is 5.13. The monoisotopic (exact) mass is 455 g/mol. The molecular weight excluding hydrogens is 430 g/mol. The number of benzene rings is 2. The van der Waals surface area contributed by atoms with Crippen LogP contribution >= 0.6 is 15.9 Å². The summed E-state index contributed by atoms with van der Waals surface area (Å²) in [5.74, 6) is 0.884. The lowest BCUT2D eigenvalue weighted by Gasteiger charge is -2.17. The molecular formula is C23H26BrN3O2. The Kier molecular flexibility index (Phi) is 6.75. The van der Waals surface area contributed by atoms with Gasteiger partial charge in [-0.3, -0.25) is 9.48 Å². The largest absolute Gasteiger partial charge is 0.488 e. The van der Waals surface area contributed by atoms with Crippen LogP contribution in [0, 0.1) is 13.8 Å². The molecule has 0 aliphatic heterocycles. The molecule has 0 aliphatic carbocycles. The number of aromatic nitrogens is 2. The summed E-state index contributed by atoms with van der Waals surface area (Å²) in [5, 5.41) is 4.49. The van der Waals surface area contributed by atoms with Crippen molar-refractivity contribution in [2.24, 2.45) is 0 Å². The van der Waals surface area contributed by atoms with E-state index >= 15 is 0 Å². The Bertz CT molecular complexity index is 976. The van der Waals surface area contributed by atoms with E-state index in [0.29, 0.717) is 18.7 Å². The van der Waals surface area contributed by atoms with Crippen LogP contribution in [-0.4, -0.2) is 27.6 Å². The van der Waals surface area contributed by atoms with Gasteiger partial charge in [-0.15, -0.1) is 0 Å². The lowest BCUT2D eigenvalue weighted by atomic mass is 10.1. The summed E-state index contributed by atoms with van der Waals surface area (Å²) in [6.45, 7) is 7.83. The molecule has 0 unspecified atom stereocenters. The quantitative estimate of drug-likeness (QED) is 0.495. The van der Waals surface area contributed by atoms with Gasteiger partial charge in [0.2, 0.25) is 0 Å². The van der Waals surface area contributed by atoms with Crippen molar-refractivity contribution in [2.75, 3.05) is 7.05 Å². The molecule has 29 heavy (non-hydrogen) atoms. The SMILES string of the molecule is CCn1cc(Br)c(CN(C)C(=O)c2ccc(COc3c(C)cccc3C)cc2)n1. The second-order valence-corrected chi connectivity index (χ2v) is 8.00. The van der Waals surface area contributed by atoms with Gasteiger partial charge < -0.3 is 9.64 Å². The fraction of sp³-hybridized carbons (Fsp3) is 0.304. The number of aryl methyl sites for hydroxylation is 3. The number of carbonyl (C=O) groups excluding carboxylic acids is 1. The molecule has 2 aromatic carbocycles. The highest BCUT2D eigenvalue weighted by atomic mass is 79.9. The molecule has 3 rings (SSSR count). The zero-order valence-corrected chi connectivity index (χ0v) is 18.9. The molecule has 1 amide bonds. The Labute approximate surface area is 180 Å². The molecule has 0 aliphatic rings. The molecule has 0 radical (unpaired) electrons. The van der Waals surface area contributed by atoms with Crippen molar-refractivity contribution in [3.8, 4) is 5.75 Å². The van der Waals surface area contributed by atoms with Crippen LogP contribution in [0.3, 0.4) is 0 Å². The molecule has 0 bridgehead atoms. The first-order valence-electron chi connectivity index (χ1n) is 9.64. The van der Waals surface area contributed by atoms with E-state index in [1.165, 1.54) is 0 Å². The second kappa shape index (κ2) is 9.27. The van der Waals surface area contributed by atoms with E-state index in [2.05, 4.69) is 21.0 Å². The molecule has 3 aromatic rings. The van der Waals surface area contributed by atoms with Gasteiger partial charge in [-0.1, -0.05) is 30.3 Å². The molecule has 1 heterocycles. The van der Waals surface area contributed by atoms with Crippen LogP contribution in [0.25, 0.3) is 0 Å². The van der Waals surface area contributed by atoms with E-state index in [0.717, 1.165) is 39.2 Å². The second-order valence-electron chi connectivity index (χ2n) is 7.15. The van der Waals surface area contributed by atoms with Crippen molar-refractivity contribution >= 4 is 21.8 Å². The van der Waals surface area contributed by atoms with Gasteiger partial charge >= 0.3 is 0 Å². The molecule has 0 saturated carbocycles. The van der Waals surface area contributed by atoms with Crippen molar-refractivity contribution in [3.05, 3.63) is 81.1 Å². The molecule has 152 valence electrons. The van der Waals surface area contributed by atoms with Crippen LogP contribution in [0.2, 0.25) is 0 Å². The van der Waals surface area contributed by atoms with Gasteiger partial charge in [-0.05, 0) is 65.5 Å². The Morgan fingerprint density at radius 2 is 1.79 bits per heavy atom. The smallest absolute Gasteiger partial charge is 0.253 e. The van der Waals surface area contributed by atoms with Crippen LogP contribution < -0.4 is 4.74 Å². The third kappa shape index (κ3) is 5.07. The molecule has 6 heteroatoms. The van der Waals surface area contributed by atoms with Crippen LogP contribution in [0.5, 0.6) is 5.75 Å². The summed E-state index contributed by atoms with van der Waals surface area (Å²) in [5.41, 5.74) is 4.76. The number of hydrogen-bond donors (Lipinski definition) is 0. The highest BCUT2D eigenvalue weighted by Crippen LogP contribution is 2.23. The minimum absolute atomic E-state index is 0.0369. The summed E-state index contributed by atoms with van der Waals surface area (Å²) in [4.78, 5) is 14.4. The summed E-state index contributed by atoms with van der Waals surface area (Å²) in [7, 11) is 1.79. The minimum atomic E-state index is -0.0369. The topological polar surface area (TPSA) is 47.4 Å². The van der Waals surface area contributed by atoms with Gasteiger partial charge in [-0.25, -0.2) is 0 Å². The first-order chi connectivity index (χ1) is 13.9. The van der Waals surface area contributed by atoms with Gasteiger partial charge in [0.1, 0.15) is 12.4 Å². The van der Waals surface area contributed by atoms with E-state index < -0.39 is 0 Å². The number of ether oxygens (including phenoxy) is 1. The fourth-order valence-corrected chi connectivity index (χ4v) is 3.59. The molecule has 0 saturated heterocycles. The Hall–Kier alpha value is -2.60. The van der Waals surface area contributed by atoms with Crippen molar-refractivity contribution < 1.29 is 9.53 Å². The maximum absolute atomic E-state index is 12.8. The normalized spacial score (nSPS) is 10.8. The average Bonchev–Trinajstić information content (AvgIpc) is 3.07. The number of halogens is 1. The minimum Gasteiger partial charge on any atom is -0.488 e. The Morgan fingerprint density at radius 3 is 2.38 bits per heavy atom. The molecule has 0 fully saturated rings. The average molecular weight is 456 g/mol. The fourth-order valence-electron chi connectivity index (χ4n) is 3.15. The number of para-hydroxylation sites is 1. The molecule has 1 aromatic heterocycles. The number of hydrogen-bond acceptors (Lipinski definition) is 3. The van der Waals surface area contributed by atoms with Gasteiger partial charge in [0, 0.05) is 25.4 Å². The number of nitrogens with zero attached hydrogens (tertiary/aromatic N) is 3. The molecule has 0 N–H and O–H groups in total. The van der Waals surface area contributed by atoms with Crippen molar-refractivity contribution in [2.45, 2.75) is 40.5 Å². The van der Waals surface area contributed by atoms with Crippen molar-refractivity contribution in [1.82, 2.24) is 14.7 Å². The number of carbonyl (C=O) groups is 1. The van der Waals surface area contributed by atoms with E-state index in [9.17, 15) is 4.79 Å². The molecule has 0 atom stereocenters. The highest BCUT2D eigenvalue weighted by molar-refractivity contribution is 9.10.